The lowest BCUT2D eigenvalue weighted by Crippen LogP contribution is -2.38. The Morgan fingerprint density at radius 3 is 2.37 bits per heavy atom. The van der Waals surface area contributed by atoms with E-state index in [0.29, 0.717) is 62.0 Å². The van der Waals surface area contributed by atoms with E-state index in [1.807, 2.05) is 18.7 Å². The van der Waals surface area contributed by atoms with Crippen molar-refractivity contribution in [3.63, 3.8) is 0 Å². The summed E-state index contributed by atoms with van der Waals surface area (Å²) in [6.45, 7) is 6.98. The van der Waals surface area contributed by atoms with Crippen LogP contribution in [-0.2, 0) is 0 Å². The number of alkyl halides is 3. The number of hydrogen-bond donors (Lipinski definition) is 0. The molecule has 1 saturated heterocycles. The quantitative estimate of drug-likeness (QED) is 0.454. The molecule has 0 amide bonds. The van der Waals surface area contributed by atoms with Crippen molar-refractivity contribution in [1.29, 1.82) is 0 Å². The number of aromatic nitrogens is 1. The SMILES string of the molecule is CCOc1cc(N2CCC(Oc3ccc(N4N=C(C(F)(F)F)C(C)[C@@H]4CC)cc3)CC2)c(F)cn1. The summed E-state index contributed by atoms with van der Waals surface area (Å²) in [5.41, 5.74) is 0.328. The minimum absolute atomic E-state index is 0.0431. The van der Waals surface area contributed by atoms with Crippen LogP contribution in [0.5, 0.6) is 11.6 Å². The van der Waals surface area contributed by atoms with Crippen LogP contribution in [0.4, 0.5) is 28.9 Å². The Morgan fingerprint density at radius 2 is 1.77 bits per heavy atom. The van der Waals surface area contributed by atoms with Crippen LogP contribution >= 0.6 is 0 Å². The highest BCUT2D eigenvalue weighted by molar-refractivity contribution is 5.95. The van der Waals surface area contributed by atoms with E-state index in [1.165, 1.54) is 11.2 Å². The first kappa shape index (κ1) is 25.1. The molecule has 2 aliphatic rings. The van der Waals surface area contributed by atoms with Crippen LogP contribution in [0.2, 0.25) is 0 Å². The average Bonchev–Trinajstić information content (AvgIpc) is 3.18. The van der Waals surface area contributed by atoms with Crippen LogP contribution in [-0.4, -0.2) is 48.7 Å². The van der Waals surface area contributed by atoms with Gasteiger partial charge in [0, 0.05) is 37.9 Å². The first-order valence-corrected chi connectivity index (χ1v) is 12.0. The molecule has 2 aromatic rings. The van der Waals surface area contributed by atoms with Crippen molar-refractivity contribution in [2.24, 2.45) is 11.0 Å². The topological polar surface area (TPSA) is 50.2 Å². The fraction of sp³-hybridized carbons (Fsp3) is 0.520. The minimum atomic E-state index is -4.44. The van der Waals surface area contributed by atoms with Gasteiger partial charge in [0.15, 0.2) is 5.82 Å². The Balaban J connectivity index is 1.37. The number of piperidine rings is 1. The molecule has 2 atom stereocenters. The molecular weight excluding hydrogens is 464 g/mol. The molecule has 6 nitrogen and oxygen atoms in total. The lowest BCUT2D eigenvalue weighted by atomic mass is 9.95. The van der Waals surface area contributed by atoms with E-state index in [1.54, 1.807) is 37.3 Å². The maximum absolute atomic E-state index is 14.3. The second-order valence-electron chi connectivity index (χ2n) is 8.80. The van der Waals surface area contributed by atoms with E-state index < -0.39 is 17.8 Å². The zero-order valence-corrected chi connectivity index (χ0v) is 20.1. The third-order valence-electron chi connectivity index (χ3n) is 6.54. The molecule has 0 bridgehead atoms. The zero-order chi connectivity index (χ0) is 25.2. The zero-order valence-electron chi connectivity index (χ0n) is 20.1. The number of hydrazone groups is 1. The number of benzene rings is 1. The molecule has 1 aromatic carbocycles. The Bertz CT molecular complexity index is 1040. The van der Waals surface area contributed by atoms with Gasteiger partial charge in [-0.25, -0.2) is 9.37 Å². The number of halogens is 4. The normalized spacial score (nSPS) is 21.3. The molecule has 4 rings (SSSR count). The number of pyridine rings is 1. The molecule has 0 radical (unpaired) electrons. The van der Waals surface area contributed by atoms with Crippen LogP contribution in [0.3, 0.4) is 0 Å². The molecular formula is C25H30F4N4O2. The van der Waals surface area contributed by atoms with E-state index in [0.717, 1.165) is 0 Å². The fourth-order valence-electron chi connectivity index (χ4n) is 4.73. The summed E-state index contributed by atoms with van der Waals surface area (Å²) in [5, 5.41) is 5.37. The molecule has 2 aliphatic heterocycles. The first-order valence-electron chi connectivity index (χ1n) is 12.0. The molecule has 3 heterocycles. The van der Waals surface area contributed by atoms with Crippen molar-refractivity contribution >= 4 is 17.1 Å². The summed E-state index contributed by atoms with van der Waals surface area (Å²) in [5.74, 6) is -0.0506. The second kappa shape index (κ2) is 10.3. The highest BCUT2D eigenvalue weighted by Gasteiger charge is 2.47. The number of rotatable bonds is 7. The molecule has 0 aliphatic carbocycles. The van der Waals surface area contributed by atoms with Gasteiger partial charge in [0.25, 0.3) is 0 Å². The molecule has 0 spiro atoms. The van der Waals surface area contributed by atoms with Crippen LogP contribution in [0.15, 0.2) is 41.6 Å². The Kier molecular flexibility index (Phi) is 7.37. The first-order chi connectivity index (χ1) is 16.7. The summed E-state index contributed by atoms with van der Waals surface area (Å²) in [7, 11) is 0. The highest BCUT2D eigenvalue weighted by Crippen LogP contribution is 2.37. The minimum Gasteiger partial charge on any atom is -0.490 e. The summed E-state index contributed by atoms with van der Waals surface area (Å²) < 4.78 is 65.8. The van der Waals surface area contributed by atoms with E-state index in [-0.39, 0.29) is 18.0 Å². The van der Waals surface area contributed by atoms with Crippen molar-refractivity contribution in [3.05, 3.63) is 42.3 Å². The van der Waals surface area contributed by atoms with E-state index in [9.17, 15) is 17.6 Å². The molecule has 35 heavy (non-hydrogen) atoms. The van der Waals surface area contributed by atoms with Gasteiger partial charge in [-0.05, 0) is 37.6 Å². The maximum atomic E-state index is 14.3. The number of anilines is 2. The molecule has 1 unspecified atom stereocenters. The molecule has 0 saturated carbocycles. The van der Waals surface area contributed by atoms with Crippen LogP contribution < -0.4 is 19.4 Å². The summed E-state index contributed by atoms with van der Waals surface area (Å²) in [4.78, 5) is 5.90. The third-order valence-corrected chi connectivity index (χ3v) is 6.54. The second-order valence-corrected chi connectivity index (χ2v) is 8.80. The summed E-state index contributed by atoms with van der Waals surface area (Å²) in [6.07, 6.45) is -1.36. The number of hydrogen-bond acceptors (Lipinski definition) is 6. The molecule has 1 fully saturated rings. The Labute approximate surface area is 202 Å². The summed E-state index contributed by atoms with van der Waals surface area (Å²) >= 11 is 0. The van der Waals surface area contributed by atoms with E-state index >= 15 is 0 Å². The van der Waals surface area contributed by atoms with Crippen molar-refractivity contribution in [1.82, 2.24) is 4.98 Å². The predicted molar refractivity (Wildman–Crippen MR) is 127 cm³/mol. The van der Waals surface area contributed by atoms with Gasteiger partial charge in [-0.3, -0.25) is 5.01 Å². The lowest BCUT2D eigenvalue weighted by Gasteiger charge is -2.34. The van der Waals surface area contributed by atoms with Gasteiger partial charge in [0.2, 0.25) is 5.88 Å². The standard InChI is InChI=1S/C25H30F4N4O2/c1-4-21-16(3)24(25(27,28)29)31-33(21)17-6-8-18(9-7-17)35-19-10-12-32(13-11-19)22-14-23(34-5-2)30-15-20(22)26/h6-9,14-16,19,21H,4-5,10-13H2,1-3H3/t16?,21-/m0/s1. The van der Waals surface area contributed by atoms with Crippen molar-refractivity contribution in [2.45, 2.75) is 58.4 Å². The van der Waals surface area contributed by atoms with Gasteiger partial charge in [0.05, 0.1) is 30.2 Å². The number of nitrogens with zero attached hydrogens (tertiary/aromatic N) is 4. The molecule has 10 heteroatoms. The molecule has 190 valence electrons. The van der Waals surface area contributed by atoms with Gasteiger partial charge >= 0.3 is 6.18 Å². The van der Waals surface area contributed by atoms with Crippen molar-refractivity contribution < 1.29 is 27.0 Å². The molecule has 0 N–H and O–H groups in total. The smallest absolute Gasteiger partial charge is 0.431 e. The van der Waals surface area contributed by atoms with Crippen LogP contribution in [0, 0.1) is 11.7 Å². The van der Waals surface area contributed by atoms with E-state index in [2.05, 4.69) is 10.1 Å². The Hall–Kier alpha value is -3.04. The fourth-order valence-corrected chi connectivity index (χ4v) is 4.73. The van der Waals surface area contributed by atoms with E-state index in [4.69, 9.17) is 9.47 Å². The lowest BCUT2D eigenvalue weighted by molar-refractivity contribution is -0.0620. The molecule has 1 aromatic heterocycles. The largest absolute Gasteiger partial charge is 0.490 e. The number of ether oxygens (including phenoxy) is 2. The van der Waals surface area contributed by atoms with Gasteiger partial charge in [0.1, 0.15) is 17.6 Å². The van der Waals surface area contributed by atoms with Crippen LogP contribution in [0.25, 0.3) is 0 Å². The van der Waals surface area contributed by atoms with Crippen LogP contribution in [0.1, 0.15) is 40.0 Å². The van der Waals surface area contributed by atoms with Gasteiger partial charge in [-0.15, -0.1) is 0 Å². The maximum Gasteiger partial charge on any atom is 0.431 e. The predicted octanol–water partition coefficient (Wildman–Crippen LogP) is 5.82. The van der Waals surface area contributed by atoms with Gasteiger partial charge in [-0.2, -0.15) is 18.3 Å². The average molecular weight is 495 g/mol. The summed E-state index contributed by atoms with van der Waals surface area (Å²) in [6, 6.07) is 8.27. The van der Waals surface area contributed by atoms with Crippen molar-refractivity contribution in [2.75, 3.05) is 29.6 Å². The van der Waals surface area contributed by atoms with Gasteiger partial charge in [-0.1, -0.05) is 13.8 Å². The Morgan fingerprint density at radius 1 is 1.09 bits per heavy atom. The van der Waals surface area contributed by atoms with Gasteiger partial charge < -0.3 is 14.4 Å². The third kappa shape index (κ3) is 5.46. The highest BCUT2D eigenvalue weighted by atomic mass is 19.4. The monoisotopic (exact) mass is 494 g/mol. The van der Waals surface area contributed by atoms with Crippen molar-refractivity contribution in [3.8, 4) is 11.6 Å².